The normalized spacial score (nSPS) is 14.1. The predicted octanol–water partition coefficient (Wildman–Crippen LogP) is 14.9. The maximum atomic E-state index is 13.2. The van der Waals surface area contributed by atoms with E-state index in [0.29, 0.717) is 19.3 Å². The van der Waals surface area contributed by atoms with Crippen molar-refractivity contribution in [2.75, 3.05) is 6.61 Å². The van der Waals surface area contributed by atoms with Crippen LogP contribution in [0.3, 0.4) is 0 Å². The number of rotatable bonds is 43. The summed E-state index contributed by atoms with van der Waals surface area (Å²) in [5.74, 6) is -0.556. The Bertz CT molecular complexity index is 1220. The molecule has 3 N–H and O–H groups in total. The number of carbonyl (C=O) groups excluding carboxylic acids is 2. The zero-order chi connectivity index (χ0) is 44.5. The summed E-state index contributed by atoms with van der Waals surface area (Å²) in [5, 5.41) is 23.7. The molecule has 6 heteroatoms. The van der Waals surface area contributed by atoms with Gasteiger partial charge in [0, 0.05) is 6.42 Å². The van der Waals surface area contributed by atoms with Gasteiger partial charge in [-0.15, -0.1) is 0 Å². The van der Waals surface area contributed by atoms with Gasteiger partial charge < -0.3 is 20.3 Å². The summed E-state index contributed by atoms with van der Waals surface area (Å²) < 4.78 is 5.89. The van der Waals surface area contributed by atoms with Crippen molar-refractivity contribution in [3.63, 3.8) is 0 Å². The first-order chi connectivity index (χ1) is 30.0. The molecule has 0 aliphatic carbocycles. The average Bonchev–Trinajstić information content (AvgIpc) is 3.25. The zero-order valence-corrected chi connectivity index (χ0v) is 39.5. The van der Waals surface area contributed by atoms with Crippen molar-refractivity contribution in [2.45, 2.75) is 232 Å². The first kappa shape index (κ1) is 57.8. The lowest BCUT2D eigenvalue weighted by Gasteiger charge is -2.24. The van der Waals surface area contributed by atoms with Gasteiger partial charge in [-0.05, 0) is 89.9 Å². The van der Waals surface area contributed by atoms with E-state index in [4.69, 9.17) is 4.74 Å². The lowest BCUT2D eigenvalue weighted by atomic mass is 10.0. The predicted molar refractivity (Wildman–Crippen MR) is 264 cm³/mol. The Balaban J connectivity index is 4.64. The molecule has 0 aromatic carbocycles. The van der Waals surface area contributed by atoms with Crippen molar-refractivity contribution >= 4 is 11.9 Å². The molecule has 0 spiro atoms. The Morgan fingerprint density at radius 1 is 0.508 bits per heavy atom. The molecular weight excluding hydrogens is 755 g/mol. The van der Waals surface area contributed by atoms with E-state index in [0.717, 1.165) is 109 Å². The molecule has 0 aromatic rings. The zero-order valence-electron chi connectivity index (χ0n) is 39.5. The number of hydrogen-bond acceptors (Lipinski definition) is 5. The molecule has 0 heterocycles. The van der Waals surface area contributed by atoms with Crippen LogP contribution in [-0.2, 0) is 14.3 Å². The standard InChI is InChI=1S/C55H93NO5/c1-4-7-10-13-16-19-22-24-25-26-27-28-29-30-33-36-39-42-45-48-55(60)61-51(46-43-40-37-34-31-21-18-15-12-9-6-3)49-54(59)56-52(50-57)53(58)47-44-41-38-35-32-23-20-17-14-11-8-5-2/h7,9-10,12,15-16,18-19,21,24-25,27-28,30-31,33,51-53,57-58H,4-6,8,11,13-14,17,20,22-23,26,29,32,34-50H2,1-3H3,(H,56,59)/b10-7-,12-9+,18-15+,19-16-,25-24-,28-27-,31-21-,33-30-. The molecular formula is C55H93NO5. The van der Waals surface area contributed by atoms with E-state index >= 15 is 0 Å². The van der Waals surface area contributed by atoms with Crippen LogP contribution in [0, 0.1) is 0 Å². The second-order valence-electron chi connectivity index (χ2n) is 16.5. The number of esters is 1. The summed E-state index contributed by atoms with van der Waals surface area (Å²) in [4.78, 5) is 26.1. The highest BCUT2D eigenvalue weighted by molar-refractivity contribution is 5.77. The fourth-order valence-corrected chi connectivity index (χ4v) is 6.98. The van der Waals surface area contributed by atoms with Gasteiger partial charge in [0.25, 0.3) is 0 Å². The molecule has 61 heavy (non-hydrogen) atoms. The van der Waals surface area contributed by atoms with Crippen LogP contribution in [0.4, 0.5) is 0 Å². The fraction of sp³-hybridized carbons (Fsp3) is 0.673. The molecule has 1 amide bonds. The number of ether oxygens (including phenoxy) is 1. The van der Waals surface area contributed by atoms with E-state index in [9.17, 15) is 19.8 Å². The van der Waals surface area contributed by atoms with Gasteiger partial charge in [-0.1, -0.05) is 208 Å². The third kappa shape index (κ3) is 43.2. The third-order valence-electron chi connectivity index (χ3n) is 10.7. The Morgan fingerprint density at radius 3 is 1.52 bits per heavy atom. The van der Waals surface area contributed by atoms with Crippen molar-refractivity contribution in [1.82, 2.24) is 5.32 Å². The summed E-state index contributed by atoms with van der Waals surface area (Å²) in [7, 11) is 0. The Kier molecular flexibility index (Phi) is 45.3. The smallest absolute Gasteiger partial charge is 0.306 e. The monoisotopic (exact) mass is 848 g/mol. The van der Waals surface area contributed by atoms with Crippen molar-refractivity contribution < 1.29 is 24.5 Å². The summed E-state index contributed by atoms with van der Waals surface area (Å²) in [6, 6.07) is -0.724. The van der Waals surface area contributed by atoms with Crippen LogP contribution in [0.15, 0.2) is 97.2 Å². The lowest BCUT2D eigenvalue weighted by molar-refractivity contribution is -0.151. The van der Waals surface area contributed by atoms with Crippen LogP contribution in [0.1, 0.15) is 213 Å². The molecule has 6 nitrogen and oxygen atoms in total. The summed E-state index contributed by atoms with van der Waals surface area (Å²) in [5.41, 5.74) is 0. The van der Waals surface area contributed by atoms with E-state index in [-0.39, 0.29) is 24.9 Å². The quantitative estimate of drug-likeness (QED) is 0.0246. The number of aliphatic hydroxyl groups is 2. The maximum absolute atomic E-state index is 13.2. The molecule has 0 aromatic heterocycles. The van der Waals surface area contributed by atoms with Gasteiger partial charge in [-0.2, -0.15) is 0 Å². The van der Waals surface area contributed by atoms with Crippen molar-refractivity contribution in [3.8, 4) is 0 Å². The highest BCUT2D eigenvalue weighted by Gasteiger charge is 2.24. The maximum Gasteiger partial charge on any atom is 0.306 e. The summed E-state index contributed by atoms with van der Waals surface area (Å²) in [6.45, 7) is 6.20. The second kappa shape index (κ2) is 47.8. The van der Waals surface area contributed by atoms with Crippen molar-refractivity contribution in [1.29, 1.82) is 0 Å². The van der Waals surface area contributed by atoms with Gasteiger partial charge in [-0.3, -0.25) is 9.59 Å². The van der Waals surface area contributed by atoms with Crippen LogP contribution in [-0.4, -0.2) is 46.9 Å². The van der Waals surface area contributed by atoms with Crippen molar-refractivity contribution in [2.24, 2.45) is 0 Å². The SMILES string of the molecule is CC/C=C\C/C=C\C/C=C\C/C=C\C/C=C\CCCCCC(=O)OC(CCCCC\C=C/C=C/C=C/CC)CC(=O)NC(CO)C(O)CCCCCCCCCCCCCC. The number of carbonyl (C=O) groups is 2. The molecule has 3 atom stereocenters. The Morgan fingerprint density at radius 2 is 0.967 bits per heavy atom. The van der Waals surface area contributed by atoms with Gasteiger partial charge in [0.15, 0.2) is 0 Å². The van der Waals surface area contributed by atoms with Gasteiger partial charge in [0.1, 0.15) is 6.10 Å². The minimum atomic E-state index is -0.807. The Hall–Kier alpha value is -3.22. The second-order valence-corrected chi connectivity index (χ2v) is 16.5. The molecule has 0 rings (SSSR count). The molecule has 0 bridgehead atoms. The number of nitrogens with one attached hydrogen (secondary N) is 1. The Labute approximate surface area is 376 Å². The van der Waals surface area contributed by atoms with Crippen LogP contribution in [0.25, 0.3) is 0 Å². The van der Waals surface area contributed by atoms with Crippen LogP contribution >= 0.6 is 0 Å². The van der Waals surface area contributed by atoms with Crippen LogP contribution in [0.2, 0.25) is 0 Å². The van der Waals surface area contributed by atoms with E-state index in [1.165, 1.54) is 57.8 Å². The number of hydrogen-bond donors (Lipinski definition) is 3. The molecule has 0 aliphatic rings. The van der Waals surface area contributed by atoms with Gasteiger partial charge in [0.05, 0.1) is 25.2 Å². The van der Waals surface area contributed by atoms with Crippen molar-refractivity contribution in [3.05, 3.63) is 97.2 Å². The van der Waals surface area contributed by atoms with E-state index in [2.05, 4.69) is 111 Å². The average molecular weight is 848 g/mol. The molecule has 0 aliphatic heterocycles. The molecule has 0 radical (unpaired) electrons. The minimum Gasteiger partial charge on any atom is -0.462 e. The first-order valence-electron chi connectivity index (χ1n) is 25.0. The van der Waals surface area contributed by atoms with Gasteiger partial charge >= 0.3 is 5.97 Å². The molecule has 348 valence electrons. The summed E-state index contributed by atoms with van der Waals surface area (Å²) >= 11 is 0. The fourth-order valence-electron chi connectivity index (χ4n) is 6.98. The van der Waals surface area contributed by atoms with Crippen LogP contribution in [0.5, 0.6) is 0 Å². The number of aliphatic hydroxyl groups excluding tert-OH is 2. The molecule has 3 unspecified atom stereocenters. The van der Waals surface area contributed by atoms with E-state index in [1.54, 1.807) is 0 Å². The first-order valence-corrected chi connectivity index (χ1v) is 25.0. The number of unbranched alkanes of at least 4 members (excludes halogenated alkanes) is 17. The van der Waals surface area contributed by atoms with E-state index < -0.39 is 18.2 Å². The highest BCUT2D eigenvalue weighted by Crippen LogP contribution is 2.17. The molecule has 0 fully saturated rings. The van der Waals surface area contributed by atoms with Gasteiger partial charge in [-0.25, -0.2) is 0 Å². The third-order valence-corrected chi connectivity index (χ3v) is 10.7. The van der Waals surface area contributed by atoms with E-state index in [1.807, 2.05) is 12.2 Å². The highest BCUT2D eigenvalue weighted by atomic mass is 16.5. The molecule has 0 saturated carbocycles. The summed E-state index contributed by atoms with van der Waals surface area (Å²) in [6.07, 6.45) is 63.3. The number of allylic oxidation sites excluding steroid dienone is 16. The van der Waals surface area contributed by atoms with Crippen LogP contribution < -0.4 is 5.32 Å². The molecule has 0 saturated heterocycles. The topological polar surface area (TPSA) is 95.9 Å². The number of amides is 1. The minimum absolute atomic E-state index is 0.0353. The van der Waals surface area contributed by atoms with Gasteiger partial charge in [0.2, 0.25) is 5.91 Å². The largest absolute Gasteiger partial charge is 0.462 e. The lowest BCUT2D eigenvalue weighted by Crippen LogP contribution is -2.46.